The van der Waals surface area contributed by atoms with Crippen molar-refractivity contribution in [2.24, 2.45) is 5.92 Å². The molecular formula is C38H57N3O6. The summed E-state index contributed by atoms with van der Waals surface area (Å²) in [6.07, 6.45) is 0.0632. The van der Waals surface area contributed by atoms with Crippen molar-refractivity contribution in [1.82, 2.24) is 15.5 Å². The number of rotatable bonds is 11. The van der Waals surface area contributed by atoms with Crippen LogP contribution in [0.2, 0.25) is 0 Å². The molecule has 0 fully saturated rings. The Bertz CT molecular complexity index is 1380. The lowest BCUT2D eigenvalue weighted by molar-refractivity contribution is -0.159. The summed E-state index contributed by atoms with van der Waals surface area (Å²) < 4.78 is 11.3. The summed E-state index contributed by atoms with van der Waals surface area (Å²) in [6.45, 7) is 23.8. The van der Waals surface area contributed by atoms with Gasteiger partial charge in [-0.25, -0.2) is 9.59 Å². The molecule has 2 N–H and O–H groups in total. The minimum absolute atomic E-state index is 0.195. The van der Waals surface area contributed by atoms with Gasteiger partial charge in [0.2, 0.25) is 11.8 Å². The molecule has 9 nitrogen and oxygen atoms in total. The number of benzene rings is 2. The average Bonchev–Trinajstić information content (AvgIpc) is 2.92. The molecule has 0 saturated carbocycles. The van der Waals surface area contributed by atoms with Crippen molar-refractivity contribution in [2.45, 2.75) is 138 Å². The van der Waals surface area contributed by atoms with E-state index in [9.17, 15) is 19.2 Å². The molecule has 4 atom stereocenters. The van der Waals surface area contributed by atoms with Crippen molar-refractivity contribution < 1.29 is 28.7 Å². The molecule has 2 rings (SSSR count). The number of hydrogen-bond donors (Lipinski definition) is 2. The third-order valence-electron chi connectivity index (χ3n) is 7.63. The van der Waals surface area contributed by atoms with Crippen LogP contribution in [0.25, 0.3) is 0 Å². The summed E-state index contributed by atoms with van der Waals surface area (Å²) in [5, 5.41) is 5.78. The van der Waals surface area contributed by atoms with Gasteiger partial charge in [-0.1, -0.05) is 74.4 Å². The number of carbonyl (C=O) groups excluding carboxylic acids is 4. The highest BCUT2D eigenvalue weighted by atomic mass is 16.6. The fourth-order valence-corrected chi connectivity index (χ4v) is 5.31. The third kappa shape index (κ3) is 12.0. The number of esters is 1. The number of nitrogens with one attached hydrogen (secondary N) is 2. The van der Waals surface area contributed by atoms with E-state index in [-0.39, 0.29) is 12.3 Å². The molecule has 0 heterocycles. The molecule has 0 bridgehead atoms. The van der Waals surface area contributed by atoms with Crippen LogP contribution in [0.3, 0.4) is 0 Å². The summed E-state index contributed by atoms with van der Waals surface area (Å²) >= 11 is 0. The van der Waals surface area contributed by atoms with Gasteiger partial charge in [-0.15, -0.1) is 0 Å². The molecule has 3 amide bonds. The van der Waals surface area contributed by atoms with E-state index < -0.39 is 58.7 Å². The van der Waals surface area contributed by atoms with Crippen molar-refractivity contribution in [1.29, 1.82) is 0 Å². The fraction of sp³-hybridized carbons (Fsp3) is 0.579. The van der Waals surface area contributed by atoms with Gasteiger partial charge >= 0.3 is 12.1 Å². The Kier molecular flexibility index (Phi) is 13.2. The smallest absolute Gasteiger partial charge is 0.408 e. The molecule has 0 aliphatic heterocycles. The molecule has 0 spiro atoms. The van der Waals surface area contributed by atoms with Crippen LogP contribution in [0.4, 0.5) is 4.79 Å². The predicted molar refractivity (Wildman–Crippen MR) is 186 cm³/mol. The second kappa shape index (κ2) is 15.8. The monoisotopic (exact) mass is 651 g/mol. The van der Waals surface area contributed by atoms with Crippen molar-refractivity contribution in [2.75, 3.05) is 0 Å². The van der Waals surface area contributed by atoms with Crippen LogP contribution in [0, 0.1) is 19.8 Å². The topological polar surface area (TPSA) is 114 Å². The van der Waals surface area contributed by atoms with Crippen LogP contribution in [0.5, 0.6) is 0 Å². The van der Waals surface area contributed by atoms with Gasteiger partial charge in [0.25, 0.3) is 0 Å². The Morgan fingerprint density at radius 1 is 0.809 bits per heavy atom. The standard InChI is InChI=1S/C38H57N3O6/c1-14-25(3)30(40-35(45)47-38(11,12)13)33(43)41(36(5,6)7)31(28-21-20-24(2)22-26(28)4)32(42)39-29(34(44)46-37(8,9)10)23-27-18-16-15-17-19-27/h15-22,25,29-31H,14,23H2,1-13H3,(H,39,42)(H,40,45). The zero-order valence-corrected chi connectivity index (χ0v) is 30.7. The van der Waals surface area contributed by atoms with Gasteiger partial charge in [0, 0.05) is 12.0 Å². The first-order valence-corrected chi connectivity index (χ1v) is 16.5. The quantitative estimate of drug-likeness (QED) is 0.254. The summed E-state index contributed by atoms with van der Waals surface area (Å²) in [7, 11) is 0. The van der Waals surface area contributed by atoms with E-state index in [1.165, 1.54) is 4.90 Å². The van der Waals surface area contributed by atoms with Gasteiger partial charge in [0.1, 0.15) is 29.3 Å². The van der Waals surface area contributed by atoms with Gasteiger partial charge in [0.05, 0.1) is 0 Å². The van der Waals surface area contributed by atoms with Gasteiger partial charge in [0.15, 0.2) is 0 Å². The summed E-state index contributed by atoms with van der Waals surface area (Å²) in [4.78, 5) is 57.6. The third-order valence-corrected chi connectivity index (χ3v) is 7.63. The van der Waals surface area contributed by atoms with Crippen LogP contribution < -0.4 is 10.6 Å². The van der Waals surface area contributed by atoms with Gasteiger partial charge in [-0.3, -0.25) is 9.59 Å². The van der Waals surface area contributed by atoms with E-state index in [0.29, 0.717) is 12.0 Å². The van der Waals surface area contributed by atoms with Crippen molar-refractivity contribution in [3.05, 3.63) is 70.8 Å². The SMILES string of the molecule is CCC(C)C(NC(=O)OC(C)(C)C)C(=O)N(C(C(=O)NC(Cc1ccccc1)C(=O)OC(C)(C)C)c1ccc(C)cc1C)C(C)(C)C. The maximum atomic E-state index is 14.8. The minimum atomic E-state index is -1.14. The van der Waals surface area contributed by atoms with E-state index in [1.54, 1.807) is 41.5 Å². The molecule has 0 aliphatic carbocycles. The first-order valence-electron chi connectivity index (χ1n) is 16.5. The van der Waals surface area contributed by atoms with Crippen LogP contribution >= 0.6 is 0 Å². The number of aryl methyl sites for hydroxylation is 2. The van der Waals surface area contributed by atoms with Gasteiger partial charge < -0.3 is 25.0 Å². The second-order valence-corrected chi connectivity index (χ2v) is 15.4. The highest BCUT2D eigenvalue weighted by Gasteiger charge is 2.44. The molecule has 9 heteroatoms. The van der Waals surface area contributed by atoms with Crippen LogP contribution in [-0.4, -0.2) is 57.6 Å². The van der Waals surface area contributed by atoms with Crippen LogP contribution in [-0.2, 0) is 30.3 Å². The van der Waals surface area contributed by atoms with Crippen molar-refractivity contribution in [3.8, 4) is 0 Å². The van der Waals surface area contributed by atoms with Gasteiger partial charge in [-0.05, 0) is 98.8 Å². The summed E-state index contributed by atoms with van der Waals surface area (Å²) in [5.41, 5.74) is 0.816. The number of carbonyl (C=O) groups is 4. The lowest BCUT2D eigenvalue weighted by atomic mass is 9.89. The largest absolute Gasteiger partial charge is 0.458 e. The van der Waals surface area contributed by atoms with Crippen LogP contribution in [0.15, 0.2) is 48.5 Å². The molecule has 2 aromatic carbocycles. The average molecular weight is 652 g/mol. The number of ether oxygens (including phenoxy) is 2. The van der Waals surface area contributed by atoms with Gasteiger partial charge in [-0.2, -0.15) is 0 Å². The van der Waals surface area contributed by atoms with Crippen LogP contribution in [0.1, 0.15) is 111 Å². The molecule has 0 radical (unpaired) electrons. The first-order chi connectivity index (χ1) is 21.5. The molecule has 0 aromatic heterocycles. The van der Waals surface area contributed by atoms with E-state index in [0.717, 1.165) is 16.7 Å². The maximum absolute atomic E-state index is 14.8. The van der Waals surface area contributed by atoms with E-state index >= 15 is 0 Å². The lowest BCUT2D eigenvalue weighted by Gasteiger charge is -2.44. The van der Waals surface area contributed by atoms with Crippen molar-refractivity contribution >= 4 is 23.9 Å². The van der Waals surface area contributed by atoms with E-state index in [2.05, 4.69) is 10.6 Å². The number of alkyl carbamates (subject to hydrolysis) is 1. The summed E-state index contributed by atoms with van der Waals surface area (Å²) in [6, 6.07) is 11.9. The Balaban J connectivity index is 2.72. The Morgan fingerprint density at radius 2 is 1.38 bits per heavy atom. The Labute approximate surface area is 282 Å². The highest BCUT2D eigenvalue weighted by Crippen LogP contribution is 2.33. The predicted octanol–water partition coefficient (Wildman–Crippen LogP) is 6.98. The number of hydrogen-bond acceptors (Lipinski definition) is 6. The zero-order valence-electron chi connectivity index (χ0n) is 30.7. The second-order valence-electron chi connectivity index (χ2n) is 15.4. The number of nitrogens with zero attached hydrogens (tertiary/aromatic N) is 1. The number of amides is 3. The molecule has 47 heavy (non-hydrogen) atoms. The maximum Gasteiger partial charge on any atom is 0.408 e. The molecule has 260 valence electrons. The molecule has 0 aliphatic rings. The Hall–Kier alpha value is -3.88. The van der Waals surface area contributed by atoms with E-state index in [1.807, 2.05) is 97.0 Å². The highest BCUT2D eigenvalue weighted by molar-refractivity contribution is 5.94. The lowest BCUT2D eigenvalue weighted by Crippen LogP contribution is -2.61. The van der Waals surface area contributed by atoms with Crippen molar-refractivity contribution in [3.63, 3.8) is 0 Å². The molecule has 0 saturated heterocycles. The Morgan fingerprint density at radius 3 is 1.87 bits per heavy atom. The van der Waals surface area contributed by atoms with E-state index in [4.69, 9.17) is 9.47 Å². The normalized spacial score (nSPS) is 14.7. The summed E-state index contributed by atoms with van der Waals surface area (Å²) in [5.74, 6) is -1.83. The first kappa shape index (κ1) is 39.3. The minimum Gasteiger partial charge on any atom is -0.458 e. The zero-order chi connectivity index (χ0) is 35.9. The molecular weight excluding hydrogens is 594 g/mol. The molecule has 4 unspecified atom stereocenters. The fourth-order valence-electron chi connectivity index (χ4n) is 5.31. The molecule has 2 aromatic rings.